The van der Waals surface area contributed by atoms with Crippen molar-refractivity contribution in [2.75, 3.05) is 0 Å². The smallest absolute Gasteiger partial charge is 0.222 e. The number of amides is 1. The van der Waals surface area contributed by atoms with Gasteiger partial charge in [0.15, 0.2) is 0 Å². The largest absolute Gasteiger partial charge is 0.349 e. The lowest BCUT2D eigenvalue weighted by molar-refractivity contribution is -0.122. The van der Waals surface area contributed by atoms with Crippen molar-refractivity contribution in [1.29, 1.82) is 0 Å². The predicted octanol–water partition coefficient (Wildman–Crippen LogP) is 3.03. The van der Waals surface area contributed by atoms with Crippen LogP contribution in [0.2, 0.25) is 0 Å². The molecule has 0 unspecified atom stereocenters. The number of benzene rings is 1. The minimum Gasteiger partial charge on any atom is -0.349 e. The third-order valence-corrected chi connectivity index (χ3v) is 4.99. The van der Waals surface area contributed by atoms with Gasteiger partial charge < -0.3 is 5.32 Å². The molecular weight excluding hydrogens is 326 g/mol. The summed E-state index contributed by atoms with van der Waals surface area (Å²) in [6, 6.07) is 6.26. The molecular formula is C20H23N5O. The Labute approximate surface area is 152 Å². The van der Waals surface area contributed by atoms with Crippen LogP contribution >= 0.6 is 0 Å². The van der Waals surface area contributed by atoms with Gasteiger partial charge in [0.25, 0.3) is 0 Å². The van der Waals surface area contributed by atoms with Crippen LogP contribution in [0.4, 0.5) is 0 Å². The van der Waals surface area contributed by atoms with Crippen molar-refractivity contribution in [1.82, 2.24) is 25.1 Å². The summed E-state index contributed by atoms with van der Waals surface area (Å²) in [7, 11) is 0. The molecule has 0 saturated heterocycles. The third kappa shape index (κ3) is 3.31. The summed E-state index contributed by atoms with van der Waals surface area (Å²) < 4.78 is 1.91. The van der Waals surface area contributed by atoms with Gasteiger partial charge in [-0.3, -0.25) is 9.48 Å². The van der Waals surface area contributed by atoms with E-state index in [2.05, 4.69) is 45.5 Å². The Balaban J connectivity index is 1.43. The summed E-state index contributed by atoms with van der Waals surface area (Å²) in [4.78, 5) is 21.3. The maximum Gasteiger partial charge on any atom is 0.222 e. The van der Waals surface area contributed by atoms with Crippen LogP contribution in [0.3, 0.4) is 0 Å². The van der Waals surface area contributed by atoms with Crippen LogP contribution in [0.1, 0.15) is 47.9 Å². The van der Waals surface area contributed by atoms with E-state index in [4.69, 9.17) is 0 Å². The maximum absolute atomic E-state index is 12.5. The average molecular weight is 349 g/mol. The third-order valence-electron chi connectivity index (χ3n) is 4.99. The summed E-state index contributed by atoms with van der Waals surface area (Å²) in [5.74, 6) is 0.830. The molecule has 6 heteroatoms. The first kappa shape index (κ1) is 16.7. The number of nitrogens with zero attached hydrogens (tertiary/aromatic N) is 4. The predicted molar refractivity (Wildman–Crippen MR) is 99.7 cm³/mol. The van der Waals surface area contributed by atoms with Gasteiger partial charge in [0.05, 0.1) is 24.3 Å². The molecule has 6 nitrogen and oxygen atoms in total. The van der Waals surface area contributed by atoms with Crippen LogP contribution in [0.15, 0.2) is 30.6 Å². The number of hydrogen-bond donors (Lipinski definition) is 1. The van der Waals surface area contributed by atoms with Crippen molar-refractivity contribution in [3.05, 3.63) is 53.2 Å². The molecule has 3 aromatic rings. The molecule has 4 rings (SSSR count). The lowest BCUT2D eigenvalue weighted by Gasteiger charge is -2.25. The van der Waals surface area contributed by atoms with Crippen molar-refractivity contribution in [3.8, 4) is 0 Å². The lowest BCUT2D eigenvalue weighted by Crippen LogP contribution is -2.32. The standard InChI is InChI=1S/C20H23N5O/c1-13-6-7-15-11-22-25(19(15)10-13)9-8-20(26)24-18-5-3-4-17-16(18)12-21-14(2)23-17/h6-7,10-12,18H,3-5,8-9H2,1-2H3,(H,24,26)/t18-/m0/s1. The summed E-state index contributed by atoms with van der Waals surface area (Å²) in [6.07, 6.45) is 7.06. The Morgan fingerprint density at radius 3 is 3.08 bits per heavy atom. The van der Waals surface area contributed by atoms with Gasteiger partial charge in [0.2, 0.25) is 5.91 Å². The van der Waals surface area contributed by atoms with Crippen molar-refractivity contribution in [3.63, 3.8) is 0 Å². The average Bonchev–Trinajstić information content (AvgIpc) is 3.02. The van der Waals surface area contributed by atoms with Crippen LogP contribution in [0, 0.1) is 13.8 Å². The van der Waals surface area contributed by atoms with E-state index in [1.807, 2.05) is 24.0 Å². The Morgan fingerprint density at radius 2 is 2.19 bits per heavy atom. The van der Waals surface area contributed by atoms with Crippen LogP contribution < -0.4 is 5.32 Å². The SMILES string of the molecule is Cc1ccc2cnn(CCC(=O)N[C@H]3CCCc4nc(C)ncc43)c2c1. The molecule has 0 bridgehead atoms. The minimum absolute atomic E-state index is 0.0171. The monoisotopic (exact) mass is 349 g/mol. The highest BCUT2D eigenvalue weighted by atomic mass is 16.1. The van der Waals surface area contributed by atoms with E-state index >= 15 is 0 Å². The number of carbonyl (C=O) groups is 1. The summed E-state index contributed by atoms with van der Waals surface area (Å²) >= 11 is 0. The van der Waals surface area contributed by atoms with E-state index in [0.29, 0.717) is 13.0 Å². The molecule has 2 aromatic heterocycles. The van der Waals surface area contributed by atoms with Gasteiger partial charge >= 0.3 is 0 Å². The van der Waals surface area contributed by atoms with Crippen LogP contribution in [0.25, 0.3) is 10.9 Å². The fourth-order valence-corrected chi connectivity index (χ4v) is 3.63. The molecule has 1 atom stereocenters. The first-order chi connectivity index (χ1) is 12.6. The van der Waals surface area contributed by atoms with Crippen molar-refractivity contribution >= 4 is 16.8 Å². The van der Waals surface area contributed by atoms with Crippen molar-refractivity contribution in [2.45, 2.75) is 52.1 Å². The quantitative estimate of drug-likeness (QED) is 0.786. The molecule has 2 heterocycles. The highest BCUT2D eigenvalue weighted by molar-refractivity contribution is 5.80. The molecule has 0 spiro atoms. The molecule has 26 heavy (non-hydrogen) atoms. The first-order valence-corrected chi connectivity index (χ1v) is 9.14. The lowest BCUT2D eigenvalue weighted by atomic mass is 9.92. The molecule has 1 aliphatic rings. The summed E-state index contributed by atoms with van der Waals surface area (Å²) in [5.41, 5.74) is 4.40. The molecule has 1 N–H and O–H groups in total. The summed E-state index contributed by atoms with van der Waals surface area (Å²) in [6.45, 7) is 4.54. The van der Waals surface area contributed by atoms with Crippen LogP contribution in [0.5, 0.6) is 0 Å². The van der Waals surface area contributed by atoms with E-state index in [-0.39, 0.29) is 11.9 Å². The van der Waals surface area contributed by atoms with Gasteiger partial charge in [-0.25, -0.2) is 9.97 Å². The molecule has 1 aromatic carbocycles. The highest BCUT2D eigenvalue weighted by Crippen LogP contribution is 2.28. The summed E-state index contributed by atoms with van der Waals surface area (Å²) in [5, 5.41) is 8.68. The number of rotatable bonds is 4. The Morgan fingerprint density at radius 1 is 1.31 bits per heavy atom. The number of aromatic nitrogens is 4. The molecule has 0 saturated carbocycles. The second-order valence-corrected chi connectivity index (χ2v) is 7.01. The van der Waals surface area contributed by atoms with Gasteiger partial charge in [-0.1, -0.05) is 12.1 Å². The van der Waals surface area contributed by atoms with E-state index in [0.717, 1.165) is 47.2 Å². The number of nitrogens with one attached hydrogen (secondary N) is 1. The van der Waals surface area contributed by atoms with E-state index in [1.54, 1.807) is 0 Å². The molecule has 1 aliphatic carbocycles. The van der Waals surface area contributed by atoms with Crippen molar-refractivity contribution < 1.29 is 4.79 Å². The van der Waals surface area contributed by atoms with Gasteiger partial charge in [0, 0.05) is 29.3 Å². The van der Waals surface area contributed by atoms with Crippen molar-refractivity contribution in [2.24, 2.45) is 0 Å². The number of aryl methyl sites for hydroxylation is 4. The fourth-order valence-electron chi connectivity index (χ4n) is 3.63. The second kappa shape index (κ2) is 6.86. The van der Waals surface area contributed by atoms with Gasteiger partial charge in [-0.15, -0.1) is 0 Å². The normalized spacial score (nSPS) is 16.5. The van der Waals surface area contributed by atoms with Gasteiger partial charge in [-0.05, 0) is 44.7 Å². The second-order valence-electron chi connectivity index (χ2n) is 7.01. The zero-order valence-corrected chi connectivity index (χ0v) is 15.2. The topological polar surface area (TPSA) is 72.7 Å². The van der Waals surface area contributed by atoms with Crippen LogP contribution in [-0.2, 0) is 17.8 Å². The molecule has 134 valence electrons. The molecule has 0 radical (unpaired) electrons. The molecule has 1 amide bonds. The minimum atomic E-state index is 0.0171. The number of fused-ring (bicyclic) bond motifs is 2. The number of hydrogen-bond acceptors (Lipinski definition) is 4. The van der Waals surface area contributed by atoms with E-state index < -0.39 is 0 Å². The maximum atomic E-state index is 12.5. The first-order valence-electron chi connectivity index (χ1n) is 9.14. The molecule has 0 fully saturated rings. The Kier molecular flexibility index (Phi) is 4.41. The fraction of sp³-hybridized carbons (Fsp3) is 0.400. The van der Waals surface area contributed by atoms with E-state index in [9.17, 15) is 4.79 Å². The van der Waals surface area contributed by atoms with Gasteiger partial charge in [0.1, 0.15) is 5.82 Å². The van der Waals surface area contributed by atoms with Gasteiger partial charge in [-0.2, -0.15) is 5.10 Å². The zero-order chi connectivity index (χ0) is 18.1. The Hall–Kier alpha value is -2.76. The van der Waals surface area contributed by atoms with E-state index in [1.165, 1.54) is 5.56 Å². The zero-order valence-electron chi connectivity index (χ0n) is 15.2. The van der Waals surface area contributed by atoms with Crippen LogP contribution in [-0.4, -0.2) is 25.7 Å². The highest BCUT2D eigenvalue weighted by Gasteiger charge is 2.23. The molecule has 0 aliphatic heterocycles. The number of carbonyl (C=O) groups excluding carboxylic acids is 1. The Bertz CT molecular complexity index is 962.